The summed E-state index contributed by atoms with van der Waals surface area (Å²) in [4.78, 5) is 12.8. The molecule has 0 radical (unpaired) electrons. The highest BCUT2D eigenvalue weighted by Gasteiger charge is 2.18. The molecule has 0 aliphatic heterocycles. The third kappa shape index (κ3) is 5.22. The van der Waals surface area contributed by atoms with Gasteiger partial charge in [0, 0.05) is 0 Å². The highest BCUT2D eigenvalue weighted by molar-refractivity contribution is 6.02. The fourth-order valence-corrected chi connectivity index (χ4v) is 3.84. The van der Waals surface area contributed by atoms with Crippen molar-refractivity contribution >= 4 is 11.6 Å². The predicted octanol–water partition coefficient (Wildman–Crippen LogP) is 6.40. The molecule has 1 N–H and O–H groups in total. The summed E-state index contributed by atoms with van der Waals surface area (Å²) in [5, 5.41) is 7.59. The first-order valence-electron chi connectivity index (χ1n) is 11.5. The zero-order chi connectivity index (χ0) is 24.2. The van der Waals surface area contributed by atoms with E-state index in [1.165, 1.54) is 16.7 Å². The van der Waals surface area contributed by atoms with Crippen molar-refractivity contribution in [2.75, 3.05) is 5.32 Å². The van der Waals surface area contributed by atoms with Crippen LogP contribution in [-0.2, 0) is 13.2 Å². The normalized spacial score (nSPS) is 11.1. The lowest BCUT2D eigenvalue weighted by molar-refractivity contribution is 0.0992. The van der Waals surface area contributed by atoms with Crippen LogP contribution in [0.5, 0.6) is 5.75 Å². The fourth-order valence-electron chi connectivity index (χ4n) is 3.84. The van der Waals surface area contributed by atoms with Crippen LogP contribution in [0.15, 0.2) is 65.1 Å². The van der Waals surface area contributed by atoms with Gasteiger partial charge in [-0.25, -0.2) is 0 Å². The molecule has 0 spiro atoms. The van der Waals surface area contributed by atoms with Gasteiger partial charge in [0.25, 0.3) is 5.91 Å². The lowest BCUT2D eigenvalue weighted by Gasteiger charge is -2.09. The van der Waals surface area contributed by atoms with E-state index in [0.717, 1.165) is 17.1 Å². The van der Waals surface area contributed by atoms with Crippen molar-refractivity contribution < 1.29 is 13.9 Å². The van der Waals surface area contributed by atoms with E-state index in [1.807, 2.05) is 42.8 Å². The molecule has 6 nitrogen and oxygen atoms in total. The molecule has 1 amide bonds. The van der Waals surface area contributed by atoms with Gasteiger partial charge in [0.1, 0.15) is 18.1 Å². The van der Waals surface area contributed by atoms with Crippen molar-refractivity contribution in [1.29, 1.82) is 0 Å². The maximum atomic E-state index is 12.8. The number of carbonyl (C=O) groups excluding carboxylic acids is 1. The Morgan fingerprint density at radius 2 is 1.76 bits per heavy atom. The Balaban J connectivity index is 1.40. The van der Waals surface area contributed by atoms with Gasteiger partial charge in [-0.3, -0.25) is 9.48 Å². The molecule has 34 heavy (non-hydrogen) atoms. The second-order valence-electron chi connectivity index (χ2n) is 8.86. The van der Waals surface area contributed by atoms with Gasteiger partial charge < -0.3 is 14.5 Å². The molecule has 176 valence electrons. The van der Waals surface area contributed by atoms with E-state index in [-0.39, 0.29) is 18.3 Å². The summed E-state index contributed by atoms with van der Waals surface area (Å²) in [7, 11) is 0. The molecule has 0 bridgehead atoms. The second kappa shape index (κ2) is 10.00. The molecule has 4 rings (SSSR count). The summed E-state index contributed by atoms with van der Waals surface area (Å²) in [6, 6.07) is 19.7. The highest BCUT2D eigenvalue weighted by atomic mass is 16.5. The van der Waals surface area contributed by atoms with E-state index >= 15 is 0 Å². The Morgan fingerprint density at radius 3 is 2.47 bits per heavy atom. The molecule has 0 saturated heterocycles. The van der Waals surface area contributed by atoms with Gasteiger partial charge in [0.15, 0.2) is 5.76 Å². The first-order chi connectivity index (χ1) is 16.3. The van der Waals surface area contributed by atoms with Crippen LogP contribution in [0.4, 0.5) is 5.69 Å². The van der Waals surface area contributed by atoms with E-state index in [9.17, 15) is 4.79 Å². The number of hydrogen-bond donors (Lipinski definition) is 1. The van der Waals surface area contributed by atoms with Gasteiger partial charge >= 0.3 is 0 Å². The van der Waals surface area contributed by atoms with E-state index < -0.39 is 0 Å². The summed E-state index contributed by atoms with van der Waals surface area (Å²) >= 11 is 0. The molecule has 2 aromatic carbocycles. The van der Waals surface area contributed by atoms with Crippen LogP contribution in [0.25, 0.3) is 0 Å². The Hall–Kier alpha value is -3.80. The third-order valence-corrected chi connectivity index (χ3v) is 6.01. The first-order valence-corrected chi connectivity index (χ1v) is 11.5. The maximum Gasteiger partial charge on any atom is 0.291 e. The number of anilines is 1. The van der Waals surface area contributed by atoms with Gasteiger partial charge in [-0.1, -0.05) is 50.2 Å². The van der Waals surface area contributed by atoms with Crippen LogP contribution < -0.4 is 10.1 Å². The number of ether oxygens (including phenoxy) is 1. The number of aromatic nitrogens is 2. The van der Waals surface area contributed by atoms with Gasteiger partial charge in [-0.05, 0) is 67.6 Å². The van der Waals surface area contributed by atoms with Crippen molar-refractivity contribution in [3.05, 3.63) is 100 Å². The molecular formula is C28H31N3O3. The van der Waals surface area contributed by atoms with Crippen LogP contribution in [0.1, 0.15) is 64.2 Å². The number of aryl methyl sites for hydroxylation is 2. The molecule has 0 atom stereocenters. The van der Waals surface area contributed by atoms with Crippen molar-refractivity contribution in [2.24, 2.45) is 0 Å². The molecule has 0 fully saturated rings. The number of rotatable bonds is 8. The number of amides is 1. The minimum absolute atomic E-state index is 0.235. The Labute approximate surface area is 200 Å². The average Bonchev–Trinajstić information content (AvgIpc) is 3.40. The molecule has 2 heterocycles. The average molecular weight is 458 g/mol. The highest BCUT2D eigenvalue weighted by Crippen LogP contribution is 2.23. The number of nitrogens with one attached hydrogen (secondary N) is 1. The van der Waals surface area contributed by atoms with Crippen molar-refractivity contribution in [3.8, 4) is 5.75 Å². The lowest BCUT2D eigenvalue weighted by atomic mass is 10.0. The summed E-state index contributed by atoms with van der Waals surface area (Å²) < 4.78 is 13.5. The molecule has 0 aliphatic rings. The molecule has 0 saturated carbocycles. The Kier molecular flexibility index (Phi) is 6.87. The van der Waals surface area contributed by atoms with E-state index in [0.29, 0.717) is 23.9 Å². The quantitative estimate of drug-likeness (QED) is 0.332. The molecule has 0 aliphatic carbocycles. The van der Waals surface area contributed by atoms with E-state index in [1.54, 1.807) is 12.1 Å². The number of hydrogen-bond acceptors (Lipinski definition) is 4. The van der Waals surface area contributed by atoms with Crippen molar-refractivity contribution in [1.82, 2.24) is 9.78 Å². The smallest absolute Gasteiger partial charge is 0.291 e. The topological polar surface area (TPSA) is 69.3 Å². The summed E-state index contributed by atoms with van der Waals surface area (Å²) in [5.41, 5.74) is 6.03. The minimum Gasteiger partial charge on any atom is -0.486 e. The number of benzene rings is 2. The molecule has 4 aromatic rings. The molecular weight excluding hydrogens is 426 g/mol. The van der Waals surface area contributed by atoms with Crippen molar-refractivity contribution in [2.45, 2.75) is 53.7 Å². The zero-order valence-electron chi connectivity index (χ0n) is 20.4. The van der Waals surface area contributed by atoms with Gasteiger partial charge in [0.05, 0.1) is 23.6 Å². The minimum atomic E-state index is -0.311. The lowest BCUT2D eigenvalue weighted by Crippen LogP contribution is -2.12. The Bertz CT molecular complexity index is 1280. The summed E-state index contributed by atoms with van der Waals surface area (Å²) in [6.45, 7) is 11.1. The van der Waals surface area contributed by atoms with Gasteiger partial charge in [-0.2, -0.15) is 5.10 Å². The maximum absolute atomic E-state index is 12.8. The molecule has 0 unspecified atom stereocenters. The number of nitrogens with zero attached hydrogens (tertiary/aromatic N) is 2. The third-order valence-electron chi connectivity index (χ3n) is 6.01. The van der Waals surface area contributed by atoms with E-state index in [4.69, 9.17) is 9.15 Å². The second-order valence-corrected chi connectivity index (χ2v) is 8.86. The van der Waals surface area contributed by atoms with Crippen LogP contribution in [0.3, 0.4) is 0 Å². The standard InChI is InChI=1S/C28H31N3O3/c1-18(2)22-10-12-24(13-11-22)33-17-25-14-15-26(34-25)28(32)29-27-20(4)30-31(21(27)5)16-23-9-7-6-8-19(23)3/h6-15,18H,16-17H2,1-5H3,(H,29,32). The van der Waals surface area contributed by atoms with Crippen LogP contribution in [-0.4, -0.2) is 15.7 Å². The number of carbonyl (C=O) groups is 1. The SMILES string of the molecule is Cc1ccccc1Cn1nc(C)c(NC(=O)c2ccc(COc3ccc(C(C)C)cc3)o2)c1C. The van der Waals surface area contributed by atoms with Crippen molar-refractivity contribution in [3.63, 3.8) is 0 Å². The molecule has 6 heteroatoms. The first kappa shape index (κ1) is 23.4. The predicted molar refractivity (Wildman–Crippen MR) is 134 cm³/mol. The monoisotopic (exact) mass is 457 g/mol. The van der Waals surface area contributed by atoms with E-state index in [2.05, 4.69) is 55.5 Å². The van der Waals surface area contributed by atoms with Crippen LogP contribution >= 0.6 is 0 Å². The van der Waals surface area contributed by atoms with Gasteiger partial charge in [0.2, 0.25) is 0 Å². The Morgan fingerprint density at radius 1 is 1.03 bits per heavy atom. The summed E-state index contributed by atoms with van der Waals surface area (Å²) in [6.07, 6.45) is 0. The van der Waals surface area contributed by atoms with Gasteiger partial charge in [-0.15, -0.1) is 0 Å². The van der Waals surface area contributed by atoms with Crippen LogP contribution in [0, 0.1) is 20.8 Å². The zero-order valence-corrected chi connectivity index (χ0v) is 20.4. The largest absolute Gasteiger partial charge is 0.486 e. The fraction of sp³-hybridized carbons (Fsp3) is 0.286. The molecule has 2 aromatic heterocycles. The van der Waals surface area contributed by atoms with Crippen LogP contribution in [0.2, 0.25) is 0 Å². The number of furan rings is 1. The summed E-state index contributed by atoms with van der Waals surface area (Å²) in [5.74, 6) is 1.75.